The van der Waals surface area contributed by atoms with Crippen molar-refractivity contribution in [3.05, 3.63) is 70.3 Å². The van der Waals surface area contributed by atoms with E-state index in [1.54, 1.807) is 12.4 Å². The van der Waals surface area contributed by atoms with Gasteiger partial charge in [-0.2, -0.15) is 0 Å². The summed E-state index contributed by atoms with van der Waals surface area (Å²) >= 11 is 12.8. The average molecular weight is 486 g/mol. The zero-order valence-electron chi connectivity index (χ0n) is 18.4. The number of furan rings is 1. The van der Waals surface area contributed by atoms with Gasteiger partial charge in [-0.3, -0.25) is 9.88 Å². The minimum atomic E-state index is -0.259. The number of pyridine rings is 1. The monoisotopic (exact) mass is 485 g/mol. The van der Waals surface area contributed by atoms with Gasteiger partial charge in [-0.1, -0.05) is 54.7 Å². The van der Waals surface area contributed by atoms with Crippen LogP contribution in [0.25, 0.3) is 11.0 Å². The van der Waals surface area contributed by atoms with Gasteiger partial charge in [0.05, 0.1) is 15.7 Å². The van der Waals surface area contributed by atoms with Crippen molar-refractivity contribution in [1.29, 1.82) is 0 Å². The van der Waals surface area contributed by atoms with Crippen LogP contribution in [0.1, 0.15) is 43.3 Å². The van der Waals surface area contributed by atoms with Crippen LogP contribution in [-0.4, -0.2) is 46.3 Å². The maximum absolute atomic E-state index is 6.39. The van der Waals surface area contributed by atoms with Gasteiger partial charge in [-0.25, -0.2) is 0 Å². The zero-order valence-corrected chi connectivity index (χ0v) is 19.9. The number of nitrogens with zero attached hydrogens (tertiary/aromatic N) is 5. The number of unbranched alkanes of at least 4 members (excludes halogenated alkanes) is 1. The summed E-state index contributed by atoms with van der Waals surface area (Å²) in [7, 11) is 0. The molecule has 1 aliphatic heterocycles. The number of hydrogen-bond acceptors (Lipinski definition) is 7. The predicted octanol–water partition coefficient (Wildman–Crippen LogP) is 5.77. The molecule has 1 aromatic carbocycles. The molecule has 1 saturated heterocycles. The third kappa shape index (κ3) is 4.58. The first-order valence-electron chi connectivity index (χ1n) is 11.2. The Kier molecular flexibility index (Phi) is 6.53. The summed E-state index contributed by atoms with van der Waals surface area (Å²) in [6, 6.07) is 9.81. The molecule has 172 valence electrons. The summed E-state index contributed by atoms with van der Waals surface area (Å²) in [5.74, 6) is 2.03. The van der Waals surface area contributed by atoms with E-state index in [-0.39, 0.29) is 6.04 Å². The summed E-state index contributed by atoms with van der Waals surface area (Å²) < 4.78 is 12.4. The molecule has 4 aromatic rings. The first-order valence-corrected chi connectivity index (χ1v) is 12.0. The Bertz CT molecular complexity index is 1180. The van der Waals surface area contributed by atoms with Gasteiger partial charge in [0, 0.05) is 50.4 Å². The van der Waals surface area contributed by atoms with Gasteiger partial charge in [0.1, 0.15) is 17.4 Å². The van der Waals surface area contributed by atoms with Crippen LogP contribution in [0.3, 0.4) is 0 Å². The molecule has 0 N–H and O–H groups in total. The molecule has 0 spiro atoms. The molecule has 7 nitrogen and oxygen atoms in total. The number of piperazine rings is 1. The molecule has 0 radical (unpaired) electrons. The molecule has 0 saturated carbocycles. The maximum Gasteiger partial charge on any atom is 0.241 e. The Morgan fingerprint density at radius 2 is 1.76 bits per heavy atom. The molecular weight excluding hydrogens is 461 g/mol. The van der Waals surface area contributed by atoms with Crippen LogP contribution in [-0.2, 0) is 6.42 Å². The molecule has 0 aliphatic carbocycles. The average Bonchev–Trinajstić information content (AvgIpc) is 3.46. The zero-order chi connectivity index (χ0) is 22.8. The van der Waals surface area contributed by atoms with Gasteiger partial charge < -0.3 is 13.7 Å². The van der Waals surface area contributed by atoms with Crippen LogP contribution < -0.4 is 4.90 Å². The number of fused-ring (bicyclic) bond motifs is 1. The lowest BCUT2D eigenvalue weighted by molar-refractivity contribution is 0.168. The minimum Gasteiger partial charge on any atom is -0.459 e. The largest absolute Gasteiger partial charge is 0.459 e. The number of rotatable bonds is 7. The normalized spacial score (nSPS) is 15.9. The van der Waals surface area contributed by atoms with Crippen molar-refractivity contribution in [1.82, 2.24) is 20.1 Å². The lowest BCUT2D eigenvalue weighted by Gasteiger charge is -2.38. The number of benzene rings is 1. The van der Waals surface area contributed by atoms with E-state index < -0.39 is 0 Å². The van der Waals surface area contributed by atoms with E-state index in [1.807, 2.05) is 24.3 Å². The minimum absolute atomic E-state index is 0.259. The van der Waals surface area contributed by atoms with Gasteiger partial charge in [-0.15, -0.1) is 10.2 Å². The van der Waals surface area contributed by atoms with Crippen molar-refractivity contribution in [2.24, 2.45) is 0 Å². The SMILES string of the molecule is CCCCc1nnc(C(c2cc3ccccc3o2)N2CCN(c3c(Cl)cncc3Cl)CC2)o1. The highest BCUT2D eigenvalue weighted by atomic mass is 35.5. The van der Waals surface area contributed by atoms with Crippen LogP contribution in [0.15, 0.2) is 51.6 Å². The molecule has 5 rings (SSSR count). The molecule has 0 amide bonds. The molecule has 3 aromatic heterocycles. The highest BCUT2D eigenvalue weighted by Crippen LogP contribution is 2.36. The Labute approximate surface area is 202 Å². The topological polar surface area (TPSA) is 71.4 Å². The molecule has 33 heavy (non-hydrogen) atoms. The highest BCUT2D eigenvalue weighted by molar-refractivity contribution is 6.38. The van der Waals surface area contributed by atoms with Crippen LogP contribution >= 0.6 is 23.2 Å². The van der Waals surface area contributed by atoms with Crippen LogP contribution in [0.5, 0.6) is 0 Å². The van der Waals surface area contributed by atoms with E-state index in [2.05, 4.69) is 38.0 Å². The maximum atomic E-state index is 6.39. The third-order valence-electron chi connectivity index (χ3n) is 6.00. The fourth-order valence-corrected chi connectivity index (χ4v) is 4.92. The van der Waals surface area contributed by atoms with E-state index >= 15 is 0 Å². The number of halogens is 2. The van der Waals surface area contributed by atoms with Crippen LogP contribution in [0.4, 0.5) is 5.69 Å². The molecule has 1 unspecified atom stereocenters. The second-order valence-electron chi connectivity index (χ2n) is 8.20. The molecule has 1 fully saturated rings. The lowest BCUT2D eigenvalue weighted by Crippen LogP contribution is -2.48. The number of aryl methyl sites for hydroxylation is 1. The summed E-state index contributed by atoms with van der Waals surface area (Å²) in [4.78, 5) is 8.57. The Hall–Kier alpha value is -2.61. The second-order valence-corrected chi connectivity index (χ2v) is 9.02. The van der Waals surface area contributed by atoms with Gasteiger partial charge in [0.15, 0.2) is 0 Å². The molecule has 9 heteroatoms. The van der Waals surface area contributed by atoms with E-state index in [9.17, 15) is 0 Å². The van der Waals surface area contributed by atoms with Crippen molar-refractivity contribution >= 4 is 39.9 Å². The summed E-state index contributed by atoms with van der Waals surface area (Å²) in [5.41, 5.74) is 1.67. The molecule has 1 aliphatic rings. The fourth-order valence-electron chi connectivity index (χ4n) is 4.31. The first kappa shape index (κ1) is 22.2. The summed E-state index contributed by atoms with van der Waals surface area (Å²) in [6.07, 6.45) is 6.13. The number of anilines is 1. The first-order chi connectivity index (χ1) is 16.1. The van der Waals surface area contributed by atoms with Crippen molar-refractivity contribution in [2.45, 2.75) is 32.2 Å². The molecule has 0 bridgehead atoms. The van der Waals surface area contributed by atoms with Crippen molar-refractivity contribution in [3.63, 3.8) is 0 Å². The lowest BCUT2D eigenvalue weighted by atomic mass is 10.1. The van der Waals surface area contributed by atoms with Gasteiger partial charge in [0.2, 0.25) is 11.8 Å². The van der Waals surface area contributed by atoms with Crippen molar-refractivity contribution in [3.8, 4) is 0 Å². The second kappa shape index (κ2) is 9.71. The van der Waals surface area contributed by atoms with Gasteiger partial charge >= 0.3 is 0 Å². The van der Waals surface area contributed by atoms with Crippen molar-refractivity contribution < 1.29 is 8.83 Å². The number of para-hydroxylation sites is 1. The summed E-state index contributed by atoms with van der Waals surface area (Å²) in [5, 5.41) is 10.9. The van der Waals surface area contributed by atoms with Crippen LogP contribution in [0, 0.1) is 0 Å². The van der Waals surface area contributed by atoms with E-state index in [1.165, 1.54) is 0 Å². The fraction of sp³-hybridized carbons (Fsp3) is 0.375. The Balaban J connectivity index is 1.43. The quantitative estimate of drug-likeness (QED) is 0.328. The van der Waals surface area contributed by atoms with Crippen molar-refractivity contribution in [2.75, 3.05) is 31.1 Å². The highest BCUT2D eigenvalue weighted by Gasteiger charge is 2.33. The molecule has 1 atom stereocenters. The Morgan fingerprint density at radius 1 is 1.00 bits per heavy atom. The van der Waals surface area contributed by atoms with E-state index in [0.29, 0.717) is 21.8 Å². The standard InChI is InChI=1S/C24H25Cl2N5O2/c1-2-3-8-21-28-29-24(33-21)23(20-13-16-6-4-5-7-19(16)32-20)31-11-9-30(10-12-31)22-17(25)14-27-15-18(22)26/h4-7,13-15,23H,2-3,8-12H2,1H3. The van der Waals surface area contributed by atoms with Gasteiger partial charge in [0.25, 0.3) is 0 Å². The third-order valence-corrected chi connectivity index (χ3v) is 6.55. The smallest absolute Gasteiger partial charge is 0.241 e. The molecular formula is C24H25Cl2N5O2. The number of aromatic nitrogens is 3. The molecule has 4 heterocycles. The van der Waals surface area contributed by atoms with Gasteiger partial charge in [-0.05, 0) is 18.6 Å². The van der Waals surface area contributed by atoms with E-state index in [4.69, 9.17) is 32.0 Å². The van der Waals surface area contributed by atoms with E-state index in [0.717, 1.165) is 67.9 Å². The predicted molar refractivity (Wildman–Crippen MR) is 129 cm³/mol. The Morgan fingerprint density at radius 3 is 2.48 bits per heavy atom. The van der Waals surface area contributed by atoms with Crippen LogP contribution in [0.2, 0.25) is 10.0 Å². The summed E-state index contributed by atoms with van der Waals surface area (Å²) in [6.45, 7) is 5.15. The number of hydrogen-bond donors (Lipinski definition) is 0.